The summed E-state index contributed by atoms with van der Waals surface area (Å²) < 4.78 is 1.01. The second-order valence-electron chi connectivity index (χ2n) is 9.41. The number of benzene rings is 1. The maximum atomic E-state index is 13.0. The molecule has 1 unspecified atom stereocenters. The lowest BCUT2D eigenvalue weighted by Gasteiger charge is -2.32. The van der Waals surface area contributed by atoms with Gasteiger partial charge in [0.25, 0.3) is 0 Å². The van der Waals surface area contributed by atoms with Gasteiger partial charge >= 0.3 is 0 Å². The van der Waals surface area contributed by atoms with Gasteiger partial charge in [0, 0.05) is 47.6 Å². The Bertz CT molecular complexity index is 937. The second-order valence-corrected chi connectivity index (χ2v) is 10.3. The molecule has 30 heavy (non-hydrogen) atoms. The molecular weight excluding hydrogens is 442 g/mol. The van der Waals surface area contributed by atoms with E-state index in [-0.39, 0.29) is 17.8 Å². The Morgan fingerprint density at radius 1 is 1.17 bits per heavy atom. The molecule has 2 heterocycles. The molecule has 160 valence electrons. The topological polar surface area (TPSA) is 65.5 Å². The summed E-state index contributed by atoms with van der Waals surface area (Å²) in [4.78, 5) is 19.9. The summed E-state index contributed by atoms with van der Waals surface area (Å²) in [6.07, 6.45) is 9.21. The maximum absolute atomic E-state index is 13.0. The van der Waals surface area contributed by atoms with E-state index in [1.54, 1.807) is 6.20 Å². The molecule has 0 spiro atoms. The number of halogens is 1. The van der Waals surface area contributed by atoms with E-state index in [1.807, 2.05) is 12.1 Å². The smallest absolute Gasteiger partial charge is 0.169 e. The SMILES string of the molecule is O=C(c1cnc2ccc(Br)cc2c1N[C@H]1CC[C@H](CN2CCC(O)C2)CC1)C1CC1. The van der Waals surface area contributed by atoms with Gasteiger partial charge in [-0.1, -0.05) is 15.9 Å². The van der Waals surface area contributed by atoms with Gasteiger partial charge in [-0.15, -0.1) is 0 Å². The number of rotatable bonds is 6. The molecule has 0 amide bonds. The highest BCUT2D eigenvalue weighted by Gasteiger charge is 2.33. The number of nitrogens with zero attached hydrogens (tertiary/aromatic N) is 2. The normalized spacial score (nSPS) is 27.5. The molecule has 3 fully saturated rings. The molecule has 1 saturated heterocycles. The van der Waals surface area contributed by atoms with E-state index >= 15 is 0 Å². The van der Waals surface area contributed by atoms with Crippen molar-refractivity contribution in [2.45, 2.75) is 57.1 Å². The summed E-state index contributed by atoms with van der Waals surface area (Å²) >= 11 is 3.59. The quantitative estimate of drug-likeness (QED) is 0.601. The molecule has 3 aliphatic rings. The lowest BCUT2D eigenvalue weighted by Crippen LogP contribution is -2.33. The van der Waals surface area contributed by atoms with Crippen molar-refractivity contribution in [3.05, 3.63) is 34.4 Å². The summed E-state index contributed by atoms with van der Waals surface area (Å²) in [5.74, 6) is 1.14. The van der Waals surface area contributed by atoms with Crippen LogP contribution < -0.4 is 5.32 Å². The minimum atomic E-state index is -0.135. The lowest BCUT2D eigenvalue weighted by atomic mass is 9.85. The molecule has 0 bridgehead atoms. The fourth-order valence-electron chi connectivity index (χ4n) is 5.11. The number of carbonyl (C=O) groups excluding carboxylic acids is 1. The standard InChI is InChI=1S/C24H30BrN3O2/c25-17-5-8-22-20(11-17)23(21(12-26-22)24(30)16-3-4-16)27-18-6-1-15(2-7-18)13-28-10-9-19(29)14-28/h5,8,11-12,15-16,18-19,29H,1-4,6-7,9-10,13-14H2,(H,26,27)/t15-,18-,19?. The minimum absolute atomic E-state index is 0.135. The van der Waals surface area contributed by atoms with Gasteiger partial charge in [-0.25, -0.2) is 0 Å². The molecule has 2 aliphatic carbocycles. The summed E-state index contributed by atoms with van der Waals surface area (Å²) in [6.45, 7) is 2.98. The van der Waals surface area contributed by atoms with Gasteiger partial charge in [-0.3, -0.25) is 9.78 Å². The summed E-state index contributed by atoms with van der Waals surface area (Å²) in [6, 6.07) is 6.48. The number of aliphatic hydroxyl groups is 1. The van der Waals surface area contributed by atoms with Crippen molar-refractivity contribution in [3.63, 3.8) is 0 Å². The van der Waals surface area contributed by atoms with Gasteiger partial charge in [0.2, 0.25) is 0 Å². The second kappa shape index (κ2) is 8.56. The summed E-state index contributed by atoms with van der Waals surface area (Å²) in [5, 5.41) is 14.6. The summed E-state index contributed by atoms with van der Waals surface area (Å²) in [7, 11) is 0. The van der Waals surface area contributed by atoms with Gasteiger partial charge in [-0.2, -0.15) is 0 Å². The molecule has 1 aliphatic heterocycles. The van der Waals surface area contributed by atoms with Crippen molar-refractivity contribution in [3.8, 4) is 0 Å². The zero-order valence-electron chi connectivity index (χ0n) is 17.3. The Hall–Kier alpha value is -1.50. The number of aromatic nitrogens is 1. The first-order valence-electron chi connectivity index (χ1n) is 11.4. The number of fused-ring (bicyclic) bond motifs is 1. The van der Waals surface area contributed by atoms with Gasteiger partial charge in [-0.05, 0) is 69.1 Å². The van der Waals surface area contributed by atoms with Gasteiger partial charge in [0.15, 0.2) is 5.78 Å². The molecule has 5 rings (SSSR count). The first-order chi connectivity index (χ1) is 14.6. The first-order valence-corrected chi connectivity index (χ1v) is 12.2. The third-order valence-electron chi connectivity index (χ3n) is 7.00. The van der Waals surface area contributed by atoms with Crippen LogP contribution in [0.2, 0.25) is 0 Å². The van der Waals surface area contributed by atoms with Crippen LogP contribution in [0, 0.1) is 11.8 Å². The molecule has 1 atom stereocenters. The van der Waals surface area contributed by atoms with Crippen LogP contribution in [-0.4, -0.2) is 52.6 Å². The van der Waals surface area contributed by atoms with Crippen molar-refractivity contribution in [2.24, 2.45) is 11.8 Å². The van der Waals surface area contributed by atoms with Crippen LogP contribution in [0.25, 0.3) is 10.9 Å². The highest BCUT2D eigenvalue weighted by atomic mass is 79.9. The van der Waals surface area contributed by atoms with E-state index in [0.717, 1.165) is 78.4 Å². The number of ketones is 1. The van der Waals surface area contributed by atoms with E-state index in [0.29, 0.717) is 12.0 Å². The number of aliphatic hydroxyl groups excluding tert-OH is 1. The van der Waals surface area contributed by atoms with Crippen LogP contribution in [0.15, 0.2) is 28.9 Å². The maximum Gasteiger partial charge on any atom is 0.169 e. The van der Waals surface area contributed by atoms with Crippen LogP contribution in [0.4, 0.5) is 5.69 Å². The molecule has 1 aromatic heterocycles. The number of nitrogens with one attached hydrogen (secondary N) is 1. The highest BCUT2D eigenvalue weighted by Crippen LogP contribution is 2.38. The Labute approximate surface area is 186 Å². The molecule has 2 N–H and O–H groups in total. The molecule has 0 radical (unpaired) electrons. The molecule has 2 aromatic rings. The molecule has 1 aromatic carbocycles. The number of likely N-dealkylation sites (tertiary alicyclic amines) is 1. The molecule has 5 nitrogen and oxygen atoms in total. The Kier molecular flexibility index (Phi) is 5.82. The Morgan fingerprint density at radius 2 is 1.97 bits per heavy atom. The average molecular weight is 472 g/mol. The van der Waals surface area contributed by atoms with Crippen molar-refractivity contribution in [2.75, 3.05) is 25.0 Å². The largest absolute Gasteiger partial charge is 0.392 e. The minimum Gasteiger partial charge on any atom is -0.392 e. The first kappa shape index (κ1) is 20.4. The monoisotopic (exact) mass is 471 g/mol. The fraction of sp³-hybridized carbons (Fsp3) is 0.583. The predicted molar refractivity (Wildman–Crippen MR) is 123 cm³/mol. The lowest BCUT2D eigenvalue weighted by molar-refractivity contribution is 0.0968. The van der Waals surface area contributed by atoms with Crippen LogP contribution in [0.3, 0.4) is 0 Å². The number of carbonyl (C=O) groups is 1. The van der Waals surface area contributed by atoms with Crippen LogP contribution >= 0.6 is 15.9 Å². The van der Waals surface area contributed by atoms with E-state index in [9.17, 15) is 9.90 Å². The van der Waals surface area contributed by atoms with Crippen LogP contribution in [0.5, 0.6) is 0 Å². The van der Waals surface area contributed by atoms with E-state index in [2.05, 4.69) is 37.2 Å². The third kappa shape index (κ3) is 4.41. The predicted octanol–water partition coefficient (Wildman–Crippen LogP) is 4.63. The average Bonchev–Trinajstić information content (AvgIpc) is 3.52. The number of Topliss-reactive ketones (excluding diaryl/α,β-unsaturated/α-hetero) is 1. The molecule has 2 saturated carbocycles. The number of anilines is 1. The van der Waals surface area contributed by atoms with Crippen LogP contribution in [0.1, 0.15) is 55.3 Å². The number of hydrogen-bond acceptors (Lipinski definition) is 5. The van der Waals surface area contributed by atoms with E-state index in [1.165, 1.54) is 12.8 Å². The van der Waals surface area contributed by atoms with Gasteiger partial charge in [0.05, 0.1) is 22.9 Å². The summed E-state index contributed by atoms with van der Waals surface area (Å²) in [5.41, 5.74) is 2.66. The molecule has 6 heteroatoms. The highest BCUT2D eigenvalue weighted by molar-refractivity contribution is 9.10. The van der Waals surface area contributed by atoms with Crippen molar-refractivity contribution < 1.29 is 9.90 Å². The van der Waals surface area contributed by atoms with Crippen molar-refractivity contribution in [1.29, 1.82) is 0 Å². The van der Waals surface area contributed by atoms with Crippen molar-refractivity contribution >= 4 is 38.3 Å². The Morgan fingerprint density at radius 3 is 2.67 bits per heavy atom. The molecular formula is C24H30BrN3O2. The third-order valence-corrected chi connectivity index (χ3v) is 7.50. The van der Waals surface area contributed by atoms with E-state index in [4.69, 9.17) is 0 Å². The van der Waals surface area contributed by atoms with Crippen molar-refractivity contribution in [1.82, 2.24) is 9.88 Å². The van der Waals surface area contributed by atoms with Gasteiger partial charge < -0.3 is 15.3 Å². The van der Waals surface area contributed by atoms with Crippen LogP contribution in [-0.2, 0) is 0 Å². The zero-order valence-corrected chi connectivity index (χ0v) is 18.9. The van der Waals surface area contributed by atoms with E-state index < -0.39 is 0 Å². The number of β-amino-alcohol motifs (C(OH)–C–C–N with tert-alkyl or cyclic N) is 1. The number of hydrogen-bond donors (Lipinski definition) is 2. The van der Waals surface area contributed by atoms with Gasteiger partial charge in [0.1, 0.15) is 0 Å². The fourth-order valence-corrected chi connectivity index (χ4v) is 5.47. The Balaban J connectivity index is 1.31. The zero-order chi connectivity index (χ0) is 20.7. The number of pyridine rings is 1.